The van der Waals surface area contributed by atoms with Gasteiger partial charge in [0.15, 0.2) is 0 Å². The zero-order chi connectivity index (χ0) is 20.8. The Kier molecular flexibility index (Phi) is 3.23. The Morgan fingerprint density at radius 2 is 1.27 bits per heavy atom. The summed E-state index contributed by atoms with van der Waals surface area (Å²) < 4.78 is 0. The highest BCUT2D eigenvalue weighted by Crippen LogP contribution is 2.51. The van der Waals surface area contributed by atoms with Gasteiger partial charge in [0.05, 0.1) is 0 Å². The fourth-order valence-corrected chi connectivity index (χ4v) is 5.54. The Hall–Kier alpha value is -3.46. The van der Waals surface area contributed by atoms with Crippen LogP contribution in [0.15, 0.2) is 60.7 Å². The van der Waals surface area contributed by atoms with Gasteiger partial charge >= 0.3 is 0 Å². The lowest BCUT2D eigenvalue weighted by atomic mass is 9.71. The van der Waals surface area contributed by atoms with Crippen LogP contribution in [0.5, 0.6) is 0 Å². The van der Waals surface area contributed by atoms with Crippen molar-refractivity contribution >= 4 is 33.4 Å². The van der Waals surface area contributed by atoms with Crippen molar-refractivity contribution in [3.8, 4) is 11.1 Å². The number of hydrogen-bond acceptors (Lipinski definition) is 2. The molecule has 0 saturated heterocycles. The monoisotopic (exact) mass is 391 g/mol. The molecule has 1 unspecified atom stereocenters. The number of imide groups is 1. The van der Waals surface area contributed by atoms with Crippen LogP contribution in [0.3, 0.4) is 0 Å². The normalized spacial score (nSPS) is 19.5. The zero-order valence-corrected chi connectivity index (χ0v) is 17.2. The molecule has 0 fully saturated rings. The molecule has 1 atom stereocenters. The van der Waals surface area contributed by atoms with Crippen molar-refractivity contribution < 1.29 is 9.59 Å². The number of fused-ring (bicyclic) bond motifs is 1. The topological polar surface area (TPSA) is 37.4 Å². The maximum absolute atomic E-state index is 13.0. The fraction of sp³-hybridized carbons (Fsp3) is 0.185. The lowest BCUT2D eigenvalue weighted by Gasteiger charge is -2.33. The Bertz CT molecular complexity index is 1420. The van der Waals surface area contributed by atoms with Crippen LogP contribution in [0, 0.1) is 0 Å². The van der Waals surface area contributed by atoms with E-state index in [9.17, 15) is 9.59 Å². The van der Waals surface area contributed by atoms with Gasteiger partial charge in [-0.25, -0.2) is 0 Å². The van der Waals surface area contributed by atoms with Gasteiger partial charge in [0, 0.05) is 29.0 Å². The van der Waals surface area contributed by atoms with E-state index in [1.807, 2.05) is 12.1 Å². The number of carbonyl (C=O) groups is 2. The molecule has 0 saturated carbocycles. The number of rotatable bonds is 1. The first-order valence-corrected chi connectivity index (χ1v) is 10.4. The Morgan fingerprint density at radius 1 is 0.700 bits per heavy atom. The second-order valence-corrected chi connectivity index (χ2v) is 8.64. The molecule has 30 heavy (non-hydrogen) atoms. The van der Waals surface area contributed by atoms with Gasteiger partial charge in [0.1, 0.15) is 0 Å². The molecule has 3 heteroatoms. The zero-order valence-electron chi connectivity index (χ0n) is 17.2. The van der Waals surface area contributed by atoms with Crippen molar-refractivity contribution in [1.29, 1.82) is 0 Å². The molecular formula is C27H21NO2. The van der Waals surface area contributed by atoms with E-state index in [4.69, 9.17) is 0 Å². The molecule has 1 heterocycles. The van der Waals surface area contributed by atoms with Crippen molar-refractivity contribution in [2.24, 2.45) is 0 Å². The summed E-state index contributed by atoms with van der Waals surface area (Å²) in [5.74, 6) is -0.455. The molecule has 1 aliphatic carbocycles. The third kappa shape index (κ3) is 1.86. The minimum absolute atomic E-state index is 0.227. The number of nitrogens with zero attached hydrogens (tertiary/aromatic N) is 1. The number of amides is 2. The molecule has 1 aliphatic heterocycles. The number of hydrogen-bond donors (Lipinski definition) is 0. The van der Waals surface area contributed by atoms with Crippen LogP contribution in [0.25, 0.3) is 32.7 Å². The van der Waals surface area contributed by atoms with Crippen molar-refractivity contribution in [3.05, 3.63) is 82.9 Å². The first-order chi connectivity index (χ1) is 14.5. The third-order valence-corrected chi connectivity index (χ3v) is 7.32. The molecule has 2 aliphatic rings. The quantitative estimate of drug-likeness (QED) is 0.378. The summed E-state index contributed by atoms with van der Waals surface area (Å²) in [4.78, 5) is 27.2. The highest BCUT2D eigenvalue weighted by molar-refractivity contribution is 6.28. The average Bonchev–Trinajstić information content (AvgIpc) is 2.87. The van der Waals surface area contributed by atoms with E-state index in [1.165, 1.54) is 32.4 Å². The van der Waals surface area contributed by atoms with Crippen LogP contribution in [0.4, 0.5) is 0 Å². The smallest absolute Gasteiger partial charge is 0.261 e. The molecule has 3 nitrogen and oxygen atoms in total. The summed E-state index contributed by atoms with van der Waals surface area (Å²) in [7, 11) is 1.56. The summed E-state index contributed by atoms with van der Waals surface area (Å²) in [6, 6.07) is 20.9. The van der Waals surface area contributed by atoms with Gasteiger partial charge in [0.2, 0.25) is 0 Å². The maximum Gasteiger partial charge on any atom is 0.261 e. The van der Waals surface area contributed by atoms with E-state index in [2.05, 4.69) is 62.4 Å². The number of carbonyl (C=O) groups excluding carboxylic acids is 2. The van der Waals surface area contributed by atoms with Crippen LogP contribution in [-0.2, 0) is 5.41 Å². The summed E-state index contributed by atoms with van der Waals surface area (Å²) >= 11 is 0. The second-order valence-electron chi connectivity index (χ2n) is 8.64. The van der Waals surface area contributed by atoms with Gasteiger partial charge in [-0.2, -0.15) is 0 Å². The fourth-order valence-electron chi connectivity index (χ4n) is 5.54. The molecule has 0 spiro atoms. The third-order valence-electron chi connectivity index (χ3n) is 7.32. The Labute approximate surface area is 174 Å². The van der Waals surface area contributed by atoms with Crippen LogP contribution >= 0.6 is 0 Å². The first-order valence-electron chi connectivity index (χ1n) is 10.4. The van der Waals surface area contributed by atoms with Gasteiger partial charge < -0.3 is 0 Å². The predicted octanol–water partition coefficient (Wildman–Crippen LogP) is 5.92. The molecule has 0 N–H and O–H groups in total. The van der Waals surface area contributed by atoms with Crippen LogP contribution in [0.1, 0.15) is 52.1 Å². The summed E-state index contributed by atoms with van der Waals surface area (Å²) in [5, 5.41) is 4.34. The van der Waals surface area contributed by atoms with E-state index in [0.29, 0.717) is 11.1 Å². The van der Waals surface area contributed by atoms with Gasteiger partial charge in [-0.15, -0.1) is 0 Å². The van der Waals surface area contributed by atoms with E-state index in [0.717, 1.165) is 22.8 Å². The van der Waals surface area contributed by atoms with Crippen molar-refractivity contribution in [2.45, 2.75) is 25.7 Å². The van der Waals surface area contributed by atoms with Crippen LogP contribution in [0.2, 0.25) is 0 Å². The SMILES string of the molecule is CCC1(C)c2cccc3cccc(c23)-c2ccc3c4c(ccc1c24)C(=O)N(C)C3=O. The van der Waals surface area contributed by atoms with Gasteiger partial charge in [0.25, 0.3) is 11.8 Å². The molecule has 6 rings (SSSR count). The molecule has 0 bridgehead atoms. The van der Waals surface area contributed by atoms with Crippen molar-refractivity contribution in [1.82, 2.24) is 4.90 Å². The lowest BCUT2D eigenvalue weighted by Crippen LogP contribution is -2.37. The van der Waals surface area contributed by atoms with Gasteiger partial charge in [-0.1, -0.05) is 62.4 Å². The first kappa shape index (κ1) is 17.4. The van der Waals surface area contributed by atoms with Gasteiger partial charge in [-0.05, 0) is 57.0 Å². The molecule has 0 aromatic heterocycles. The highest BCUT2D eigenvalue weighted by Gasteiger charge is 2.38. The van der Waals surface area contributed by atoms with E-state index in [-0.39, 0.29) is 17.2 Å². The minimum Gasteiger partial charge on any atom is -0.277 e. The van der Waals surface area contributed by atoms with Crippen LogP contribution in [-0.4, -0.2) is 23.8 Å². The highest BCUT2D eigenvalue weighted by atomic mass is 16.2. The van der Waals surface area contributed by atoms with E-state index < -0.39 is 0 Å². The average molecular weight is 391 g/mol. The van der Waals surface area contributed by atoms with E-state index >= 15 is 0 Å². The largest absolute Gasteiger partial charge is 0.277 e. The molecular weight excluding hydrogens is 370 g/mol. The predicted molar refractivity (Wildman–Crippen MR) is 120 cm³/mol. The summed E-state index contributed by atoms with van der Waals surface area (Å²) in [5.41, 5.74) is 5.77. The summed E-state index contributed by atoms with van der Waals surface area (Å²) in [6.45, 7) is 4.50. The standard InChI is InChI=1S/C27H21NO2/c1-4-27(2)20-10-6-8-15-7-5-9-16(22(15)20)17-11-12-18-23-19(13-14-21(27)24(17)23)26(30)28(3)25(18)29/h5-14H,4H2,1-3H3. The van der Waals surface area contributed by atoms with Gasteiger partial charge in [-0.3, -0.25) is 14.5 Å². The lowest BCUT2D eigenvalue weighted by molar-refractivity contribution is 0.0650. The van der Waals surface area contributed by atoms with E-state index in [1.54, 1.807) is 7.05 Å². The van der Waals surface area contributed by atoms with Crippen molar-refractivity contribution in [2.75, 3.05) is 7.05 Å². The Morgan fingerprint density at radius 3 is 1.97 bits per heavy atom. The maximum atomic E-state index is 13.0. The summed E-state index contributed by atoms with van der Waals surface area (Å²) in [6.07, 6.45) is 0.917. The Balaban J connectivity index is 1.91. The number of benzene rings is 4. The minimum atomic E-state index is -0.229. The van der Waals surface area contributed by atoms with Crippen LogP contribution < -0.4 is 0 Å². The molecule has 2 amide bonds. The second kappa shape index (κ2) is 5.57. The molecule has 0 radical (unpaired) electrons. The van der Waals surface area contributed by atoms with Crippen molar-refractivity contribution in [3.63, 3.8) is 0 Å². The molecule has 4 aromatic rings. The molecule has 146 valence electrons. The molecule has 4 aromatic carbocycles.